The third-order valence-corrected chi connectivity index (χ3v) is 2.00. The smallest absolute Gasteiger partial charge is 0.253 e. The molecular weight excluding hydrogens is 202 g/mol. The van der Waals surface area contributed by atoms with Gasteiger partial charge in [-0.15, -0.1) is 0 Å². The van der Waals surface area contributed by atoms with Crippen molar-refractivity contribution in [2.75, 3.05) is 0 Å². The van der Waals surface area contributed by atoms with Crippen LogP contribution >= 0.6 is 11.6 Å². The molecule has 0 aliphatic carbocycles. The van der Waals surface area contributed by atoms with Crippen LogP contribution in [0.2, 0.25) is 0 Å². The number of rotatable bonds is 2. The third-order valence-electron chi connectivity index (χ3n) is 1.81. The largest absolute Gasteiger partial charge is 0.298 e. The minimum Gasteiger partial charge on any atom is -0.298 e. The molecule has 1 aromatic carbocycles. The number of aryl methyl sites for hydroxylation is 1. The molecule has 0 aliphatic heterocycles. The lowest BCUT2D eigenvalue weighted by Gasteiger charge is -2.03. The topological polar surface area (TPSA) is 57.9 Å². The Bertz CT molecular complexity index is 446. The molecule has 0 bridgehead atoms. The Balaban J connectivity index is 3.52. The van der Waals surface area contributed by atoms with Gasteiger partial charge in [-0.25, -0.2) is 0 Å². The van der Waals surface area contributed by atoms with Gasteiger partial charge in [-0.05, 0) is 36.2 Å². The second-order valence-electron chi connectivity index (χ2n) is 2.76. The fourth-order valence-electron chi connectivity index (χ4n) is 1.23. The second kappa shape index (κ2) is 4.03. The van der Waals surface area contributed by atoms with Gasteiger partial charge in [0, 0.05) is 5.56 Å². The third kappa shape index (κ3) is 1.81. The van der Waals surface area contributed by atoms with E-state index in [1.807, 2.05) is 6.07 Å². The monoisotopic (exact) mass is 207 g/mol. The number of carbonyl (C=O) groups excluding carboxylic acids is 2. The fourth-order valence-corrected chi connectivity index (χ4v) is 1.48. The molecule has 0 fully saturated rings. The van der Waals surface area contributed by atoms with Gasteiger partial charge < -0.3 is 0 Å². The van der Waals surface area contributed by atoms with Crippen molar-refractivity contribution < 1.29 is 9.59 Å². The van der Waals surface area contributed by atoms with Crippen LogP contribution in [-0.2, 0) is 0 Å². The summed E-state index contributed by atoms with van der Waals surface area (Å²) in [6.07, 6.45) is 0.621. The Morgan fingerprint density at radius 2 is 2.21 bits per heavy atom. The van der Waals surface area contributed by atoms with Crippen LogP contribution in [0.25, 0.3) is 0 Å². The van der Waals surface area contributed by atoms with Gasteiger partial charge in [0.25, 0.3) is 5.24 Å². The highest BCUT2D eigenvalue weighted by Gasteiger charge is 2.13. The van der Waals surface area contributed by atoms with Crippen molar-refractivity contribution >= 4 is 23.1 Å². The molecule has 0 aromatic heterocycles. The molecule has 0 amide bonds. The molecule has 0 radical (unpaired) electrons. The molecule has 0 saturated carbocycles. The highest BCUT2D eigenvalue weighted by atomic mass is 35.5. The van der Waals surface area contributed by atoms with Gasteiger partial charge in [-0.3, -0.25) is 9.59 Å². The molecule has 4 heteroatoms. The first-order chi connectivity index (χ1) is 6.60. The van der Waals surface area contributed by atoms with E-state index in [0.29, 0.717) is 17.4 Å². The lowest BCUT2D eigenvalue weighted by atomic mass is 10.0. The quantitative estimate of drug-likeness (QED) is 0.551. The van der Waals surface area contributed by atoms with Crippen molar-refractivity contribution in [3.63, 3.8) is 0 Å². The number of hydrogen-bond acceptors (Lipinski definition) is 3. The van der Waals surface area contributed by atoms with Crippen molar-refractivity contribution in [1.82, 2.24) is 0 Å². The molecule has 1 rings (SSSR count). The van der Waals surface area contributed by atoms with Crippen LogP contribution in [0.5, 0.6) is 0 Å². The van der Waals surface area contributed by atoms with E-state index in [2.05, 4.69) is 0 Å². The maximum absolute atomic E-state index is 11.0. The van der Waals surface area contributed by atoms with Gasteiger partial charge in [0.2, 0.25) is 0 Å². The van der Waals surface area contributed by atoms with Gasteiger partial charge in [-0.1, -0.05) is 0 Å². The van der Waals surface area contributed by atoms with Gasteiger partial charge in [0.1, 0.15) is 6.29 Å². The summed E-state index contributed by atoms with van der Waals surface area (Å²) in [5.74, 6) is 0. The summed E-state index contributed by atoms with van der Waals surface area (Å²) in [5, 5.41) is 8.05. The van der Waals surface area contributed by atoms with Crippen molar-refractivity contribution in [3.8, 4) is 6.07 Å². The lowest BCUT2D eigenvalue weighted by Crippen LogP contribution is -2.00. The molecule has 3 nitrogen and oxygen atoms in total. The van der Waals surface area contributed by atoms with Crippen LogP contribution in [0.3, 0.4) is 0 Å². The Hall–Kier alpha value is -1.66. The van der Waals surface area contributed by atoms with Crippen molar-refractivity contribution in [1.29, 1.82) is 5.26 Å². The summed E-state index contributed by atoms with van der Waals surface area (Å²) in [6, 6.07) is 4.69. The number of benzene rings is 1. The minimum absolute atomic E-state index is 0.132. The van der Waals surface area contributed by atoms with E-state index in [9.17, 15) is 9.59 Å². The van der Waals surface area contributed by atoms with Crippen LogP contribution in [0, 0.1) is 18.3 Å². The summed E-state index contributed by atoms with van der Waals surface area (Å²) in [4.78, 5) is 21.5. The zero-order valence-corrected chi connectivity index (χ0v) is 8.13. The normalized spacial score (nSPS) is 9.21. The zero-order chi connectivity index (χ0) is 10.7. The summed E-state index contributed by atoms with van der Waals surface area (Å²) >= 11 is 5.31. The molecular formula is C10H6ClNO2. The molecule has 0 aliphatic rings. The molecule has 0 saturated heterocycles. The van der Waals surface area contributed by atoms with Gasteiger partial charge in [-0.2, -0.15) is 5.26 Å². The van der Waals surface area contributed by atoms with E-state index in [0.717, 1.165) is 0 Å². The Labute approximate surface area is 85.9 Å². The predicted molar refractivity (Wildman–Crippen MR) is 51.5 cm³/mol. The van der Waals surface area contributed by atoms with E-state index < -0.39 is 5.24 Å². The summed E-state index contributed by atoms with van der Waals surface area (Å²) in [5.41, 5.74) is 1.19. The first-order valence-corrected chi connectivity index (χ1v) is 4.17. The van der Waals surface area contributed by atoms with Crippen LogP contribution < -0.4 is 0 Å². The summed E-state index contributed by atoms with van der Waals surface area (Å²) in [6.45, 7) is 1.63. The zero-order valence-electron chi connectivity index (χ0n) is 7.37. The van der Waals surface area contributed by atoms with Gasteiger partial charge in [0.15, 0.2) is 0 Å². The average Bonchev–Trinajstić information content (AvgIpc) is 2.15. The van der Waals surface area contributed by atoms with Crippen LogP contribution in [0.1, 0.15) is 31.8 Å². The van der Waals surface area contributed by atoms with Crippen molar-refractivity contribution in [2.45, 2.75) is 6.92 Å². The summed E-state index contributed by atoms with van der Waals surface area (Å²) in [7, 11) is 0. The number of halogens is 1. The standard InChI is InChI=1S/C10H6ClNO2/c1-6-2-7(5-13)3-8(4-12)9(6)10(11)14/h2-3,5H,1H3. The number of aldehydes is 1. The molecule has 0 unspecified atom stereocenters. The number of carbonyl (C=O) groups is 2. The predicted octanol–water partition coefficient (Wildman–Crippen LogP) is 2.06. The first-order valence-electron chi connectivity index (χ1n) is 3.80. The van der Waals surface area contributed by atoms with E-state index in [-0.39, 0.29) is 11.1 Å². The Kier molecular flexibility index (Phi) is 3.00. The average molecular weight is 208 g/mol. The van der Waals surface area contributed by atoms with Gasteiger partial charge in [0.05, 0.1) is 17.2 Å². The van der Waals surface area contributed by atoms with Crippen molar-refractivity contribution in [2.24, 2.45) is 0 Å². The van der Waals surface area contributed by atoms with Crippen molar-refractivity contribution in [3.05, 3.63) is 34.4 Å². The fraction of sp³-hybridized carbons (Fsp3) is 0.100. The second-order valence-corrected chi connectivity index (χ2v) is 3.11. The molecule has 0 atom stereocenters. The van der Waals surface area contributed by atoms with E-state index in [1.54, 1.807) is 6.92 Å². The van der Waals surface area contributed by atoms with Crippen LogP contribution in [0.15, 0.2) is 12.1 Å². The SMILES string of the molecule is Cc1cc(C=O)cc(C#N)c1C(=O)Cl. The number of nitrogens with zero attached hydrogens (tertiary/aromatic N) is 1. The maximum Gasteiger partial charge on any atom is 0.253 e. The molecule has 14 heavy (non-hydrogen) atoms. The first kappa shape index (κ1) is 10.4. The highest BCUT2D eigenvalue weighted by Crippen LogP contribution is 2.17. The lowest BCUT2D eigenvalue weighted by molar-refractivity contribution is 0.107. The molecule has 0 heterocycles. The minimum atomic E-state index is -0.684. The number of nitriles is 1. The Morgan fingerprint density at radius 3 is 2.64 bits per heavy atom. The maximum atomic E-state index is 11.0. The molecule has 0 spiro atoms. The van der Waals surface area contributed by atoms with Crippen LogP contribution in [-0.4, -0.2) is 11.5 Å². The van der Waals surface area contributed by atoms with Gasteiger partial charge >= 0.3 is 0 Å². The highest BCUT2D eigenvalue weighted by molar-refractivity contribution is 6.68. The molecule has 0 N–H and O–H groups in total. The summed E-state index contributed by atoms with van der Waals surface area (Å²) < 4.78 is 0. The van der Waals surface area contributed by atoms with E-state index >= 15 is 0 Å². The molecule has 70 valence electrons. The Morgan fingerprint density at radius 1 is 1.57 bits per heavy atom. The number of hydrogen-bond donors (Lipinski definition) is 0. The van der Waals surface area contributed by atoms with E-state index in [4.69, 9.17) is 16.9 Å². The van der Waals surface area contributed by atoms with E-state index in [1.165, 1.54) is 12.1 Å². The molecule has 1 aromatic rings. The van der Waals surface area contributed by atoms with Crippen LogP contribution in [0.4, 0.5) is 0 Å².